The van der Waals surface area contributed by atoms with Crippen LogP contribution in [0.5, 0.6) is 0 Å². The van der Waals surface area contributed by atoms with Crippen molar-refractivity contribution >= 4 is 33.2 Å². The quantitative estimate of drug-likeness (QED) is 0.840. The van der Waals surface area contributed by atoms with E-state index in [1.165, 1.54) is 23.5 Å². The predicted molar refractivity (Wildman–Crippen MR) is 86.3 cm³/mol. The molecule has 7 heteroatoms. The molecule has 0 radical (unpaired) electrons. The van der Waals surface area contributed by atoms with E-state index in [9.17, 15) is 8.42 Å². The molecule has 0 fully saturated rings. The highest BCUT2D eigenvalue weighted by Crippen LogP contribution is 2.24. The smallest absolute Gasteiger partial charge is 0.207 e. The van der Waals surface area contributed by atoms with Crippen LogP contribution in [0.15, 0.2) is 47.4 Å². The highest BCUT2D eigenvalue weighted by atomic mass is 35.5. The SMILES string of the molecule is CN(Cc1ccc(Cl)c(Cl)c1)S(=O)(=O)c1cccc(C#N)c1. The molecular formula is C15H12Cl2N2O2S. The second-order valence-electron chi connectivity index (χ2n) is 4.65. The average molecular weight is 355 g/mol. The Labute approximate surface area is 139 Å². The largest absolute Gasteiger partial charge is 0.243 e. The molecule has 114 valence electrons. The third kappa shape index (κ3) is 3.60. The van der Waals surface area contributed by atoms with Crippen LogP contribution in [-0.2, 0) is 16.6 Å². The minimum Gasteiger partial charge on any atom is -0.207 e. The molecule has 0 unspecified atom stereocenters. The van der Waals surface area contributed by atoms with E-state index in [0.29, 0.717) is 15.6 Å². The fourth-order valence-electron chi connectivity index (χ4n) is 1.89. The molecule has 0 saturated heterocycles. The van der Waals surface area contributed by atoms with Gasteiger partial charge in [-0.25, -0.2) is 8.42 Å². The summed E-state index contributed by atoms with van der Waals surface area (Å²) < 4.78 is 26.2. The van der Waals surface area contributed by atoms with Gasteiger partial charge in [0.05, 0.1) is 26.6 Å². The molecule has 0 aliphatic rings. The minimum absolute atomic E-state index is 0.0779. The second-order valence-corrected chi connectivity index (χ2v) is 7.51. The van der Waals surface area contributed by atoms with Crippen molar-refractivity contribution in [3.63, 3.8) is 0 Å². The third-order valence-electron chi connectivity index (χ3n) is 3.06. The van der Waals surface area contributed by atoms with Gasteiger partial charge in [-0.15, -0.1) is 0 Å². The fourth-order valence-corrected chi connectivity index (χ4v) is 3.41. The summed E-state index contributed by atoms with van der Waals surface area (Å²) in [5.74, 6) is 0. The van der Waals surface area contributed by atoms with Crippen LogP contribution in [0.25, 0.3) is 0 Å². The van der Waals surface area contributed by atoms with Crippen molar-refractivity contribution in [2.45, 2.75) is 11.4 Å². The molecule has 0 bridgehead atoms. The van der Waals surface area contributed by atoms with Gasteiger partial charge in [0.25, 0.3) is 0 Å². The van der Waals surface area contributed by atoms with Crippen molar-refractivity contribution in [1.29, 1.82) is 5.26 Å². The average Bonchev–Trinajstić information content (AvgIpc) is 2.51. The van der Waals surface area contributed by atoms with Crippen molar-refractivity contribution in [2.75, 3.05) is 7.05 Å². The van der Waals surface area contributed by atoms with E-state index >= 15 is 0 Å². The number of rotatable bonds is 4. The van der Waals surface area contributed by atoms with Gasteiger partial charge < -0.3 is 0 Å². The first-order chi connectivity index (χ1) is 10.3. The van der Waals surface area contributed by atoms with Gasteiger partial charge in [-0.05, 0) is 35.9 Å². The van der Waals surface area contributed by atoms with Crippen LogP contribution in [-0.4, -0.2) is 19.8 Å². The maximum atomic E-state index is 12.5. The lowest BCUT2D eigenvalue weighted by molar-refractivity contribution is 0.466. The molecule has 2 aromatic rings. The summed E-state index contributed by atoms with van der Waals surface area (Å²) in [5, 5.41) is 9.66. The van der Waals surface area contributed by atoms with Gasteiger partial charge in [0.2, 0.25) is 10.0 Å². The summed E-state index contributed by atoms with van der Waals surface area (Å²) in [6.45, 7) is 0.149. The topological polar surface area (TPSA) is 61.2 Å². The first kappa shape index (κ1) is 16.8. The molecule has 2 aromatic carbocycles. The van der Waals surface area contributed by atoms with Crippen LogP contribution >= 0.6 is 23.2 Å². The Kier molecular flexibility index (Phi) is 5.09. The molecule has 4 nitrogen and oxygen atoms in total. The number of benzene rings is 2. The lowest BCUT2D eigenvalue weighted by Gasteiger charge is -2.17. The number of hydrogen-bond donors (Lipinski definition) is 0. The molecule has 0 saturated carbocycles. The van der Waals surface area contributed by atoms with Crippen molar-refractivity contribution in [2.24, 2.45) is 0 Å². The Morgan fingerprint density at radius 3 is 2.50 bits per heavy atom. The van der Waals surface area contributed by atoms with Crippen molar-refractivity contribution < 1.29 is 8.42 Å². The number of nitrogens with zero attached hydrogens (tertiary/aromatic N) is 2. The van der Waals surface area contributed by atoms with Gasteiger partial charge in [-0.3, -0.25) is 0 Å². The Hall–Kier alpha value is -1.58. The van der Waals surface area contributed by atoms with Crippen LogP contribution in [0.2, 0.25) is 10.0 Å². The maximum absolute atomic E-state index is 12.5. The standard InChI is InChI=1S/C15H12Cl2N2O2S/c1-19(10-12-5-6-14(16)15(17)8-12)22(20,21)13-4-2-3-11(7-13)9-18/h2-8H,10H2,1H3. The molecule has 0 heterocycles. The third-order valence-corrected chi connectivity index (χ3v) is 5.60. The number of hydrogen-bond acceptors (Lipinski definition) is 3. The van der Waals surface area contributed by atoms with Gasteiger partial charge in [0.15, 0.2) is 0 Å². The normalized spacial score (nSPS) is 11.4. The van der Waals surface area contributed by atoms with E-state index in [4.69, 9.17) is 28.5 Å². The summed E-state index contributed by atoms with van der Waals surface area (Å²) in [5.41, 5.74) is 1.01. The molecule has 0 aliphatic carbocycles. The number of sulfonamides is 1. The van der Waals surface area contributed by atoms with Crippen LogP contribution in [0.3, 0.4) is 0 Å². The van der Waals surface area contributed by atoms with Crippen LogP contribution in [0, 0.1) is 11.3 Å². The summed E-state index contributed by atoms with van der Waals surface area (Å²) >= 11 is 11.8. The van der Waals surface area contributed by atoms with E-state index < -0.39 is 10.0 Å². The molecule has 22 heavy (non-hydrogen) atoms. The summed E-state index contributed by atoms with van der Waals surface area (Å²) in [4.78, 5) is 0.0779. The van der Waals surface area contributed by atoms with E-state index in [-0.39, 0.29) is 11.4 Å². The molecule has 0 N–H and O–H groups in total. The first-order valence-electron chi connectivity index (χ1n) is 6.25. The van der Waals surface area contributed by atoms with Crippen molar-refractivity contribution in [3.05, 3.63) is 63.6 Å². The Morgan fingerprint density at radius 1 is 1.14 bits per heavy atom. The van der Waals surface area contributed by atoms with Crippen LogP contribution in [0.1, 0.15) is 11.1 Å². The highest BCUT2D eigenvalue weighted by molar-refractivity contribution is 7.89. The second kappa shape index (κ2) is 6.67. The van der Waals surface area contributed by atoms with Crippen LogP contribution < -0.4 is 0 Å². The maximum Gasteiger partial charge on any atom is 0.243 e. The van der Waals surface area contributed by atoms with E-state index in [2.05, 4.69) is 0 Å². The molecule has 0 amide bonds. The highest BCUT2D eigenvalue weighted by Gasteiger charge is 2.21. The van der Waals surface area contributed by atoms with Crippen LogP contribution in [0.4, 0.5) is 0 Å². The molecule has 2 rings (SSSR count). The Balaban J connectivity index is 2.28. The van der Waals surface area contributed by atoms with Crippen molar-refractivity contribution in [1.82, 2.24) is 4.31 Å². The van der Waals surface area contributed by atoms with E-state index in [1.807, 2.05) is 6.07 Å². The van der Waals surface area contributed by atoms with E-state index in [1.54, 1.807) is 30.3 Å². The zero-order chi connectivity index (χ0) is 16.3. The first-order valence-corrected chi connectivity index (χ1v) is 8.44. The Morgan fingerprint density at radius 2 is 1.86 bits per heavy atom. The zero-order valence-corrected chi connectivity index (χ0v) is 14.0. The lowest BCUT2D eigenvalue weighted by Crippen LogP contribution is -2.26. The number of nitriles is 1. The van der Waals surface area contributed by atoms with Gasteiger partial charge in [-0.1, -0.05) is 35.3 Å². The van der Waals surface area contributed by atoms with Crippen molar-refractivity contribution in [3.8, 4) is 6.07 Å². The molecule has 0 aliphatic heterocycles. The van der Waals surface area contributed by atoms with Gasteiger partial charge in [0, 0.05) is 13.6 Å². The fraction of sp³-hybridized carbons (Fsp3) is 0.133. The Bertz CT molecular complexity index is 845. The van der Waals surface area contributed by atoms with E-state index in [0.717, 1.165) is 5.56 Å². The zero-order valence-electron chi connectivity index (χ0n) is 11.6. The predicted octanol–water partition coefficient (Wildman–Crippen LogP) is 3.69. The summed E-state index contributed by atoms with van der Waals surface area (Å²) in [6, 6.07) is 12.8. The van der Waals surface area contributed by atoms with Gasteiger partial charge >= 0.3 is 0 Å². The number of halogens is 2. The van der Waals surface area contributed by atoms with Gasteiger partial charge in [0.1, 0.15) is 0 Å². The molecule has 0 aromatic heterocycles. The van der Waals surface area contributed by atoms with Gasteiger partial charge in [-0.2, -0.15) is 9.57 Å². The molecule has 0 spiro atoms. The summed E-state index contributed by atoms with van der Waals surface area (Å²) in [7, 11) is -2.22. The summed E-state index contributed by atoms with van der Waals surface area (Å²) in [6.07, 6.45) is 0. The molecule has 0 atom stereocenters. The lowest BCUT2D eigenvalue weighted by atomic mass is 10.2. The minimum atomic E-state index is -3.69. The molecular weight excluding hydrogens is 343 g/mol. The monoisotopic (exact) mass is 354 g/mol.